The minimum atomic E-state index is -0.389. The van der Waals surface area contributed by atoms with Gasteiger partial charge >= 0.3 is 0 Å². The summed E-state index contributed by atoms with van der Waals surface area (Å²) in [6, 6.07) is 0. The zero-order valence-corrected chi connectivity index (χ0v) is 8.34. The van der Waals surface area contributed by atoms with Gasteiger partial charge in [0.25, 0.3) is 0 Å². The van der Waals surface area contributed by atoms with Gasteiger partial charge in [0.15, 0.2) is 0 Å². The van der Waals surface area contributed by atoms with Crippen LogP contribution in [0.4, 0.5) is 0 Å². The van der Waals surface area contributed by atoms with Gasteiger partial charge in [-0.3, -0.25) is 19.3 Å². The van der Waals surface area contributed by atoms with Crippen LogP contribution in [-0.4, -0.2) is 29.0 Å². The molecule has 0 spiro atoms. The molecule has 0 radical (unpaired) electrons. The molecule has 4 heteroatoms. The van der Waals surface area contributed by atoms with E-state index in [-0.39, 0.29) is 41.3 Å². The molecule has 1 aliphatic heterocycles. The van der Waals surface area contributed by atoms with Crippen LogP contribution < -0.4 is 0 Å². The van der Waals surface area contributed by atoms with E-state index in [0.29, 0.717) is 6.54 Å². The summed E-state index contributed by atoms with van der Waals surface area (Å²) in [5.41, 5.74) is 0. The number of carbonyl (C=O) groups is 3. The second kappa shape index (κ2) is 2.56. The molecule has 3 aliphatic rings. The average molecular weight is 205 g/mol. The van der Waals surface area contributed by atoms with E-state index in [1.165, 1.54) is 4.90 Å². The summed E-state index contributed by atoms with van der Waals surface area (Å²) in [7, 11) is 0. The summed E-state index contributed by atoms with van der Waals surface area (Å²) in [4.78, 5) is 36.7. The second-order valence-electron chi connectivity index (χ2n) is 4.31. The Bertz CT molecular complexity index is 378. The lowest BCUT2D eigenvalue weighted by Crippen LogP contribution is -2.34. The highest BCUT2D eigenvalue weighted by molar-refractivity contribution is 6.13. The third-order valence-corrected chi connectivity index (χ3v) is 3.76. The smallest absolute Gasteiger partial charge is 0.234 e. The van der Waals surface area contributed by atoms with E-state index < -0.39 is 0 Å². The number of likely N-dealkylation sites (tertiary alicyclic amines) is 1. The van der Waals surface area contributed by atoms with Crippen LogP contribution >= 0.6 is 0 Å². The number of rotatable bonds is 1. The molecule has 4 nitrogen and oxygen atoms in total. The largest absolute Gasteiger partial charge is 0.298 e. The van der Waals surface area contributed by atoms with Crippen LogP contribution in [0.2, 0.25) is 0 Å². The van der Waals surface area contributed by atoms with E-state index in [1.54, 1.807) is 19.1 Å². The van der Waals surface area contributed by atoms with Crippen molar-refractivity contribution in [3.63, 3.8) is 0 Å². The predicted molar refractivity (Wildman–Crippen MR) is 50.5 cm³/mol. The van der Waals surface area contributed by atoms with Crippen LogP contribution in [0, 0.1) is 23.7 Å². The van der Waals surface area contributed by atoms with Gasteiger partial charge in [-0.2, -0.15) is 0 Å². The summed E-state index contributed by atoms with van der Waals surface area (Å²) in [6.07, 6.45) is 3.58. The van der Waals surface area contributed by atoms with Crippen molar-refractivity contribution >= 4 is 17.6 Å². The number of ketones is 1. The van der Waals surface area contributed by atoms with Crippen LogP contribution in [0.3, 0.4) is 0 Å². The Morgan fingerprint density at radius 2 is 1.53 bits per heavy atom. The molecule has 4 atom stereocenters. The fourth-order valence-electron chi connectivity index (χ4n) is 3.09. The van der Waals surface area contributed by atoms with Gasteiger partial charge in [-0.1, -0.05) is 12.2 Å². The molecule has 15 heavy (non-hydrogen) atoms. The molecule has 0 aromatic rings. The topological polar surface area (TPSA) is 54.5 Å². The van der Waals surface area contributed by atoms with Gasteiger partial charge in [0.1, 0.15) is 5.78 Å². The van der Waals surface area contributed by atoms with Gasteiger partial charge in [0, 0.05) is 18.4 Å². The Balaban J connectivity index is 2.06. The van der Waals surface area contributed by atoms with Gasteiger partial charge in [-0.25, -0.2) is 0 Å². The van der Waals surface area contributed by atoms with E-state index >= 15 is 0 Å². The Morgan fingerprint density at radius 1 is 1.07 bits per heavy atom. The number of hydrogen-bond acceptors (Lipinski definition) is 3. The SMILES string of the molecule is CCN1C(=O)C2C3C=CC(C3=O)C2C1=O. The van der Waals surface area contributed by atoms with Crippen molar-refractivity contribution in [3.05, 3.63) is 12.2 Å². The highest BCUT2D eigenvalue weighted by Crippen LogP contribution is 2.50. The first kappa shape index (κ1) is 8.83. The first-order chi connectivity index (χ1) is 7.16. The molecule has 3 rings (SSSR count). The summed E-state index contributed by atoms with van der Waals surface area (Å²) in [5, 5.41) is 0. The first-order valence-corrected chi connectivity index (χ1v) is 5.24. The van der Waals surface area contributed by atoms with E-state index in [1.807, 2.05) is 0 Å². The van der Waals surface area contributed by atoms with Crippen molar-refractivity contribution in [1.29, 1.82) is 0 Å². The van der Waals surface area contributed by atoms with Gasteiger partial charge in [-0.15, -0.1) is 0 Å². The lowest BCUT2D eigenvalue weighted by molar-refractivity contribution is -0.142. The average Bonchev–Trinajstić information content (AvgIpc) is 2.79. The predicted octanol–water partition coefficient (Wildman–Crippen LogP) is -0.00760. The van der Waals surface area contributed by atoms with E-state index in [4.69, 9.17) is 0 Å². The number of imide groups is 1. The Labute approximate surface area is 86.9 Å². The monoisotopic (exact) mass is 205 g/mol. The normalized spacial score (nSPS) is 41.9. The zero-order valence-electron chi connectivity index (χ0n) is 8.34. The molecule has 78 valence electrons. The molecule has 0 N–H and O–H groups in total. The van der Waals surface area contributed by atoms with Crippen molar-refractivity contribution in [2.45, 2.75) is 6.92 Å². The van der Waals surface area contributed by atoms with E-state index in [0.717, 1.165) is 0 Å². The molecule has 1 heterocycles. The van der Waals surface area contributed by atoms with Gasteiger partial charge < -0.3 is 0 Å². The number of allylic oxidation sites excluding steroid dienone is 2. The number of hydrogen-bond donors (Lipinski definition) is 0. The van der Waals surface area contributed by atoms with Gasteiger partial charge in [0.05, 0.1) is 11.8 Å². The lowest BCUT2D eigenvalue weighted by atomic mass is 9.85. The fraction of sp³-hybridized carbons (Fsp3) is 0.545. The quantitative estimate of drug-likeness (QED) is 0.447. The maximum atomic E-state index is 11.9. The molecular formula is C11H11NO3. The Hall–Kier alpha value is -1.45. The minimum absolute atomic E-state index is 0.0578. The summed E-state index contributed by atoms with van der Waals surface area (Å²) < 4.78 is 0. The number of Topliss-reactive ketones (excluding diaryl/α,β-unsaturated/α-hetero) is 1. The van der Waals surface area contributed by atoms with Crippen LogP contribution in [-0.2, 0) is 14.4 Å². The highest BCUT2D eigenvalue weighted by Gasteiger charge is 2.63. The minimum Gasteiger partial charge on any atom is -0.298 e. The fourth-order valence-corrected chi connectivity index (χ4v) is 3.09. The summed E-state index contributed by atoms with van der Waals surface area (Å²) in [5.74, 6) is -1.68. The van der Waals surface area contributed by atoms with Crippen molar-refractivity contribution in [1.82, 2.24) is 4.90 Å². The van der Waals surface area contributed by atoms with Crippen LogP contribution in [0.25, 0.3) is 0 Å². The van der Waals surface area contributed by atoms with Crippen molar-refractivity contribution in [3.8, 4) is 0 Å². The van der Waals surface area contributed by atoms with Gasteiger partial charge in [-0.05, 0) is 6.92 Å². The molecule has 2 fully saturated rings. The molecule has 1 saturated heterocycles. The van der Waals surface area contributed by atoms with E-state index in [2.05, 4.69) is 0 Å². The molecule has 0 aromatic carbocycles. The number of fused-ring (bicyclic) bond motifs is 5. The van der Waals surface area contributed by atoms with Crippen LogP contribution in [0.1, 0.15) is 6.92 Å². The molecule has 0 aromatic heterocycles. The Kier molecular flexibility index (Phi) is 1.51. The Morgan fingerprint density at radius 3 is 1.93 bits per heavy atom. The maximum absolute atomic E-state index is 11.9. The molecule has 2 amide bonds. The maximum Gasteiger partial charge on any atom is 0.234 e. The first-order valence-electron chi connectivity index (χ1n) is 5.24. The summed E-state index contributed by atoms with van der Waals surface area (Å²) >= 11 is 0. The molecule has 4 unspecified atom stereocenters. The van der Waals surface area contributed by atoms with Crippen LogP contribution in [0.5, 0.6) is 0 Å². The van der Waals surface area contributed by atoms with Crippen molar-refractivity contribution in [2.24, 2.45) is 23.7 Å². The van der Waals surface area contributed by atoms with Crippen molar-refractivity contribution in [2.75, 3.05) is 6.54 Å². The second-order valence-corrected chi connectivity index (χ2v) is 4.31. The third kappa shape index (κ3) is 0.809. The zero-order chi connectivity index (χ0) is 10.7. The summed E-state index contributed by atoms with van der Waals surface area (Å²) in [6.45, 7) is 2.20. The number of carbonyl (C=O) groups excluding carboxylic acids is 3. The van der Waals surface area contributed by atoms with E-state index in [9.17, 15) is 14.4 Å². The molecule has 2 bridgehead atoms. The van der Waals surface area contributed by atoms with Crippen molar-refractivity contribution < 1.29 is 14.4 Å². The molecule has 1 saturated carbocycles. The molecule has 2 aliphatic carbocycles. The number of nitrogens with zero attached hydrogens (tertiary/aromatic N) is 1. The lowest BCUT2D eigenvalue weighted by Gasteiger charge is -2.13. The van der Waals surface area contributed by atoms with Gasteiger partial charge in [0.2, 0.25) is 11.8 Å². The molecular weight excluding hydrogens is 194 g/mol. The highest BCUT2D eigenvalue weighted by atomic mass is 16.2. The third-order valence-electron chi connectivity index (χ3n) is 3.76. The standard InChI is InChI=1S/C11H11NO3/c1-2-12-10(14)7-5-3-4-6(9(5)13)8(7)11(12)15/h3-8H,2H2,1H3. The van der Waals surface area contributed by atoms with Crippen LogP contribution in [0.15, 0.2) is 12.2 Å². The number of amides is 2.